The molecule has 1 aliphatic rings. The van der Waals surface area contributed by atoms with Crippen molar-refractivity contribution in [3.63, 3.8) is 0 Å². The Bertz CT molecular complexity index is 428. The van der Waals surface area contributed by atoms with Crippen LogP contribution in [-0.2, 0) is 0 Å². The van der Waals surface area contributed by atoms with E-state index in [0.29, 0.717) is 0 Å². The number of aryl methyl sites for hydroxylation is 1. The fourth-order valence-electron chi connectivity index (χ4n) is 2.15. The van der Waals surface area contributed by atoms with Gasteiger partial charge in [-0.05, 0) is 37.6 Å². The average molecular weight is 264 g/mol. The Kier molecular flexibility index (Phi) is 4.53. The van der Waals surface area contributed by atoms with Gasteiger partial charge in [0.1, 0.15) is 0 Å². The van der Waals surface area contributed by atoms with Gasteiger partial charge in [0.2, 0.25) is 0 Å². The summed E-state index contributed by atoms with van der Waals surface area (Å²) >= 11 is 1.92. The van der Waals surface area contributed by atoms with Crippen LogP contribution >= 0.6 is 11.8 Å². The van der Waals surface area contributed by atoms with Gasteiger partial charge in [0.05, 0.1) is 0 Å². The standard InChI is InChI=1S/C14H20N2OS/c1-3-15-12-4-5-13(11(2)10-12)14(17)16-6-8-18-9-7-16/h4-5,10,15H,3,6-9H2,1-2H3. The normalized spacial score (nSPS) is 15.6. The molecule has 1 N–H and O–H groups in total. The van der Waals surface area contributed by atoms with E-state index in [-0.39, 0.29) is 5.91 Å². The number of anilines is 1. The van der Waals surface area contributed by atoms with E-state index in [0.717, 1.165) is 48.0 Å². The van der Waals surface area contributed by atoms with Crippen LogP contribution in [0.2, 0.25) is 0 Å². The summed E-state index contributed by atoms with van der Waals surface area (Å²) < 4.78 is 0. The number of nitrogens with one attached hydrogen (secondary N) is 1. The van der Waals surface area contributed by atoms with E-state index < -0.39 is 0 Å². The zero-order chi connectivity index (χ0) is 13.0. The second kappa shape index (κ2) is 6.14. The van der Waals surface area contributed by atoms with Gasteiger partial charge >= 0.3 is 0 Å². The monoisotopic (exact) mass is 264 g/mol. The molecule has 4 heteroatoms. The van der Waals surface area contributed by atoms with Gasteiger partial charge in [0.15, 0.2) is 0 Å². The average Bonchev–Trinajstić information content (AvgIpc) is 2.40. The Hall–Kier alpha value is -1.16. The third-order valence-electron chi connectivity index (χ3n) is 3.14. The van der Waals surface area contributed by atoms with Crippen LogP contribution in [0.25, 0.3) is 0 Å². The highest BCUT2D eigenvalue weighted by atomic mass is 32.2. The predicted octanol–water partition coefficient (Wildman–Crippen LogP) is 2.62. The molecule has 0 unspecified atom stereocenters. The molecule has 1 aromatic rings. The smallest absolute Gasteiger partial charge is 0.254 e. The van der Waals surface area contributed by atoms with Gasteiger partial charge < -0.3 is 10.2 Å². The van der Waals surface area contributed by atoms with Crippen LogP contribution in [0.1, 0.15) is 22.8 Å². The maximum atomic E-state index is 12.4. The number of thioether (sulfide) groups is 1. The molecule has 18 heavy (non-hydrogen) atoms. The molecule has 1 heterocycles. The first-order chi connectivity index (χ1) is 8.72. The minimum Gasteiger partial charge on any atom is -0.385 e. The SMILES string of the molecule is CCNc1ccc(C(=O)N2CCSCC2)c(C)c1. The Morgan fingerprint density at radius 2 is 2.11 bits per heavy atom. The van der Waals surface area contributed by atoms with E-state index in [2.05, 4.69) is 18.3 Å². The van der Waals surface area contributed by atoms with Crippen molar-refractivity contribution in [1.29, 1.82) is 0 Å². The fourth-order valence-corrected chi connectivity index (χ4v) is 3.06. The van der Waals surface area contributed by atoms with Crippen LogP contribution in [0.5, 0.6) is 0 Å². The van der Waals surface area contributed by atoms with Gasteiger partial charge in [0.25, 0.3) is 5.91 Å². The summed E-state index contributed by atoms with van der Waals surface area (Å²) in [5.41, 5.74) is 2.97. The number of rotatable bonds is 3. The summed E-state index contributed by atoms with van der Waals surface area (Å²) in [6.07, 6.45) is 0. The van der Waals surface area contributed by atoms with E-state index in [1.807, 2.05) is 35.7 Å². The molecular formula is C14H20N2OS. The van der Waals surface area contributed by atoms with E-state index in [4.69, 9.17) is 0 Å². The molecule has 98 valence electrons. The second-order valence-corrected chi connectivity index (χ2v) is 5.69. The van der Waals surface area contributed by atoms with Gasteiger partial charge in [-0.3, -0.25) is 4.79 Å². The Morgan fingerprint density at radius 3 is 2.72 bits per heavy atom. The van der Waals surface area contributed by atoms with Gasteiger partial charge in [-0.15, -0.1) is 0 Å². The van der Waals surface area contributed by atoms with E-state index in [1.54, 1.807) is 0 Å². The number of nitrogens with zero attached hydrogens (tertiary/aromatic N) is 1. The minimum absolute atomic E-state index is 0.177. The first kappa shape index (κ1) is 13.3. The van der Waals surface area contributed by atoms with Crippen molar-refractivity contribution in [3.8, 4) is 0 Å². The van der Waals surface area contributed by atoms with Gasteiger partial charge in [-0.2, -0.15) is 11.8 Å². The van der Waals surface area contributed by atoms with Crippen LogP contribution in [0, 0.1) is 6.92 Å². The highest BCUT2D eigenvalue weighted by Crippen LogP contribution is 2.19. The van der Waals surface area contributed by atoms with Crippen molar-refractivity contribution in [1.82, 2.24) is 4.90 Å². The molecule has 0 aromatic heterocycles. The molecule has 0 atom stereocenters. The van der Waals surface area contributed by atoms with Crippen LogP contribution in [0.3, 0.4) is 0 Å². The highest BCUT2D eigenvalue weighted by Gasteiger charge is 2.19. The van der Waals surface area contributed by atoms with E-state index in [1.165, 1.54) is 0 Å². The Labute approximate surface area is 113 Å². The number of carbonyl (C=O) groups is 1. The van der Waals surface area contributed by atoms with Crippen molar-refractivity contribution in [2.45, 2.75) is 13.8 Å². The molecule has 0 saturated carbocycles. The molecule has 1 fully saturated rings. The Morgan fingerprint density at radius 1 is 1.39 bits per heavy atom. The molecule has 1 aliphatic heterocycles. The van der Waals surface area contributed by atoms with Gasteiger partial charge in [-0.25, -0.2) is 0 Å². The maximum absolute atomic E-state index is 12.4. The van der Waals surface area contributed by atoms with Crippen molar-refractivity contribution in [3.05, 3.63) is 29.3 Å². The Balaban J connectivity index is 2.14. The third kappa shape index (κ3) is 2.99. The fraction of sp³-hybridized carbons (Fsp3) is 0.500. The van der Waals surface area contributed by atoms with Crippen LogP contribution < -0.4 is 5.32 Å². The predicted molar refractivity (Wildman–Crippen MR) is 78.6 cm³/mol. The topological polar surface area (TPSA) is 32.3 Å². The summed E-state index contributed by atoms with van der Waals surface area (Å²) in [7, 11) is 0. The summed E-state index contributed by atoms with van der Waals surface area (Å²) in [6, 6.07) is 5.98. The molecule has 0 spiro atoms. The van der Waals surface area contributed by atoms with Crippen molar-refractivity contribution in [2.75, 3.05) is 36.5 Å². The van der Waals surface area contributed by atoms with E-state index in [9.17, 15) is 4.79 Å². The van der Waals surface area contributed by atoms with Gasteiger partial charge in [-0.1, -0.05) is 0 Å². The molecule has 1 amide bonds. The van der Waals surface area contributed by atoms with Crippen molar-refractivity contribution in [2.24, 2.45) is 0 Å². The highest BCUT2D eigenvalue weighted by molar-refractivity contribution is 7.99. The third-order valence-corrected chi connectivity index (χ3v) is 4.08. The van der Waals surface area contributed by atoms with E-state index >= 15 is 0 Å². The zero-order valence-electron chi connectivity index (χ0n) is 11.0. The summed E-state index contributed by atoms with van der Waals surface area (Å²) in [5.74, 6) is 2.29. The quantitative estimate of drug-likeness (QED) is 0.911. The molecule has 1 aromatic carbocycles. The molecule has 0 aliphatic carbocycles. The second-order valence-electron chi connectivity index (χ2n) is 4.46. The summed E-state index contributed by atoms with van der Waals surface area (Å²) in [5, 5.41) is 3.27. The number of hydrogen-bond donors (Lipinski definition) is 1. The van der Waals surface area contributed by atoms with Crippen LogP contribution in [-0.4, -0.2) is 41.9 Å². The summed E-state index contributed by atoms with van der Waals surface area (Å²) in [6.45, 7) is 6.72. The lowest BCUT2D eigenvalue weighted by Gasteiger charge is -2.27. The minimum atomic E-state index is 0.177. The van der Waals surface area contributed by atoms with Crippen molar-refractivity contribution >= 4 is 23.4 Å². The number of benzene rings is 1. The number of amides is 1. The largest absolute Gasteiger partial charge is 0.385 e. The molecule has 1 saturated heterocycles. The van der Waals surface area contributed by atoms with Crippen molar-refractivity contribution < 1.29 is 4.79 Å². The first-order valence-corrected chi connectivity index (χ1v) is 7.59. The first-order valence-electron chi connectivity index (χ1n) is 6.44. The zero-order valence-corrected chi connectivity index (χ0v) is 11.8. The number of carbonyl (C=O) groups excluding carboxylic acids is 1. The molecule has 2 rings (SSSR count). The van der Waals surface area contributed by atoms with Crippen LogP contribution in [0.4, 0.5) is 5.69 Å². The van der Waals surface area contributed by atoms with Crippen LogP contribution in [0.15, 0.2) is 18.2 Å². The molecule has 0 radical (unpaired) electrons. The lowest BCUT2D eigenvalue weighted by Crippen LogP contribution is -2.38. The summed E-state index contributed by atoms with van der Waals surface area (Å²) in [4.78, 5) is 14.4. The lowest BCUT2D eigenvalue weighted by molar-refractivity contribution is 0.0771. The lowest BCUT2D eigenvalue weighted by atomic mass is 10.1. The molecular weight excluding hydrogens is 244 g/mol. The van der Waals surface area contributed by atoms with Gasteiger partial charge in [0, 0.05) is 42.4 Å². The molecule has 3 nitrogen and oxygen atoms in total. The maximum Gasteiger partial charge on any atom is 0.254 e. The molecule has 0 bridgehead atoms. The number of hydrogen-bond acceptors (Lipinski definition) is 3.